The largest absolute Gasteiger partial charge is 0.350 e. The highest BCUT2D eigenvalue weighted by Crippen LogP contribution is 2.26. The molecule has 2 heterocycles. The number of carbonyl (C=O) groups is 1. The number of carbonyl (C=O) groups excluding carboxylic acids is 1. The Balaban J connectivity index is 1.82. The van der Waals surface area contributed by atoms with Crippen LogP contribution in [0.1, 0.15) is 30.8 Å². The quantitative estimate of drug-likeness (QED) is 0.891. The van der Waals surface area contributed by atoms with Crippen LogP contribution in [0.15, 0.2) is 16.7 Å². The number of nitrogens with one attached hydrogen (secondary N) is 1. The highest BCUT2D eigenvalue weighted by atomic mass is 79.9. The van der Waals surface area contributed by atoms with Gasteiger partial charge in [0.05, 0.1) is 13.2 Å². The molecular weight excluding hydrogens is 324 g/mol. The van der Waals surface area contributed by atoms with Crippen LogP contribution in [0.4, 0.5) is 0 Å². The van der Waals surface area contributed by atoms with Crippen LogP contribution < -0.4 is 5.32 Å². The summed E-state index contributed by atoms with van der Waals surface area (Å²) in [4.78, 5) is 12.1. The van der Waals surface area contributed by atoms with Crippen molar-refractivity contribution in [3.8, 4) is 0 Å². The van der Waals surface area contributed by atoms with E-state index >= 15 is 0 Å². The van der Waals surface area contributed by atoms with Crippen molar-refractivity contribution >= 4 is 21.8 Å². The standard InChI is InChI=1S/C14H21BrN2O3/c1-10(7-14(2)19-4-5-20-14)8-16-13(18)12-6-11(15)9-17(12)3/h6,9-10H,4-5,7-8H2,1-3H3,(H,16,18)/t10-/m0/s1. The fraction of sp³-hybridized carbons (Fsp3) is 0.643. The third-order valence-electron chi connectivity index (χ3n) is 3.43. The molecule has 0 radical (unpaired) electrons. The normalized spacial score (nSPS) is 19.0. The Labute approximate surface area is 127 Å². The van der Waals surface area contributed by atoms with Gasteiger partial charge in [-0.15, -0.1) is 0 Å². The molecule has 5 nitrogen and oxygen atoms in total. The third-order valence-corrected chi connectivity index (χ3v) is 3.87. The molecule has 1 aliphatic heterocycles. The minimum absolute atomic E-state index is 0.0662. The number of ether oxygens (including phenoxy) is 2. The van der Waals surface area contributed by atoms with Crippen molar-refractivity contribution in [2.45, 2.75) is 26.1 Å². The highest BCUT2D eigenvalue weighted by molar-refractivity contribution is 9.10. The second-order valence-corrected chi connectivity index (χ2v) is 6.42. The maximum absolute atomic E-state index is 12.1. The maximum atomic E-state index is 12.1. The number of rotatable bonds is 5. The predicted molar refractivity (Wildman–Crippen MR) is 79.5 cm³/mol. The minimum Gasteiger partial charge on any atom is -0.350 e. The molecule has 1 aromatic rings. The van der Waals surface area contributed by atoms with Crippen LogP contribution >= 0.6 is 15.9 Å². The molecule has 6 heteroatoms. The first kappa shape index (κ1) is 15.5. The Morgan fingerprint density at radius 3 is 2.75 bits per heavy atom. The summed E-state index contributed by atoms with van der Waals surface area (Å²) in [5, 5.41) is 2.95. The van der Waals surface area contributed by atoms with Crippen molar-refractivity contribution in [1.29, 1.82) is 0 Å². The molecule has 0 aromatic carbocycles. The van der Waals surface area contributed by atoms with E-state index in [2.05, 4.69) is 28.2 Å². The number of hydrogen-bond acceptors (Lipinski definition) is 3. The second kappa shape index (κ2) is 6.28. The number of halogens is 1. The summed E-state index contributed by atoms with van der Waals surface area (Å²) in [6, 6.07) is 1.81. The van der Waals surface area contributed by atoms with Gasteiger partial charge in [0.15, 0.2) is 5.79 Å². The molecule has 2 rings (SSSR count). The van der Waals surface area contributed by atoms with E-state index in [1.807, 2.05) is 26.2 Å². The van der Waals surface area contributed by atoms with Gasteiger partial charge in [-0.2, -0.15) is 0 Å². The van der Waals surface area contributed by atoms with Gasteiger partial charge >= 0.3 is 0 Å². The van der Waals surface area contributed by atoms with Gasteiger partial charge in [0.1, 0.15) is 5.69 Å². The monoisotopic (exact) mass is 344 g/mol. The Kier molecular flexibility index (Phi) is 4.88. The van der Waals surface area contributed by atoms with Gasteiger partial charge in [0.25, 0.3) is 5.91 Å². The van der Waals surface area contributed by atoms with Gasteiger partial charge in [0.2, 0.25) is 0 Å². The van der Waals surface area contributed by atoms with Gasteiger partial charge < -0.3 is 19.4 Å². The molecule has 1 atom stereocenters. The lowest BCUT2D eigenvalue weighted by Gasteiger charge is -2.26. The van der Waals surface area contributed by atoms with Crippen molar-refractivity contribution in [1.82, 2.24) is 9.88 Å². The first-order valence-electron chi connectivity index (χ1n) is 6.77. The average Bonchev–Trinajstić information content (AvgIpc) is 2.92. The van der Waals surface area contributed by atoms with Crippen molar-refractivity contribution in [3.63, 3.8) is 0 Å². The average molecular weight is 345 g/mol. The van der Waals surface area contributed by atoms with Gasteiger partial charge in [-0.1, -0.05) is 6.92 Å². The molecule has 0 spiro atoms. The number of aryl methyl sites for hydroxylation is 1. The summed E-state index contributed by atoms with van der Waals surface area (Å²) >= 11 is 3.36. The van der Waals surface area contributed by atoms with E-state index in [4.69, 9.17) is 9.47 Å². The molecule has 1 aliphatic rings. The summed E-state index contributed by atoms with van der Waals surface area (Å²) in [6.45, 7) is 5.92. The maximum Gasteiger partial charge on any atom is 0.267 e. The van der Waals surface area contributed by atoms with Crippen LogP contribution in [0.3, 0.4) is 0 Å². The molecule has 20 heavy (non-hydrogen) atoms. The third kappa shape index (κ3) is 3.84. The van der Waals surface area contributed by atoms with E-state index in [0.29, 0.717) is 25.5 Å². The van der Waals surface area contributed by atoms with E-state index in [1.54, 1.807) is 4.57 Å². The zero-order chi connectivity index (χ0) is 14.8. The van der Waals surface area contributed by atoms with Crippen LogP contribution in [0.25, 0.3) is 0 Å². The minimum atomic E-state index is -0.502. The number of nitrogens with zero attached hydrogens (tertiary/aromatic N) is 1. The zero-order valence-electron chi connectivity index (χ0n) is 12.1. The van der Waals surface area contributed by atoms with Gasteiger partial charge in [-0.3, -0.25) is 4.79 Å². The lowest BCUT2D eigenvalue weighted by Crippen LogP contribution is -2.34. The van der Waals surface area contributed by atoms with Crippen molar-refractivity contribution in [2.75, 3.05) is 19.8 Å². The summed E-state index contributed by atoms with van der Waals surface area (Å²) in [6.07, 6.45) is 2.63. The van der Waals surface area contributed by atoms with Crippen molar-refractivity contribution in [2.24, 2.45) is 13.0 Å². The Morgan fingerprint density at radius 1 is 1.55 bits per heavy atom. The van der Waals surface area contributed by atoms with Crippen molar-refractivity contribution < 1.29 is 14.3 Å². The van der Waals surface area contributed by atoms with E-state index in [9.17, 15) is 4.79 Å². The van der Waals surface area contributed by atoms with Gasteiger partial charge in [0, 0.05) is 30.7 Å². The number of hydrogen-bond donors (Lipinski definition) is 1. The molecule has 1 amide bonds. The van der Waals surface area contributed by atoms with Gasteiger partial charge in [-0.25, -0.2) is 0 Å². The predicted octanol–water partition coefficient (Wildman–Crippen LogP) is 2.31. The summed E-state index contributed by atoms with van der Waals surface area (Å²) in [7, 11) is 1.85. The summed E-state index contributed by atoms with van der Waals surface area (Å²) in [5.41, 5.74) is 0.642. The Hall–Kier alpha value is -0.850. The molecular formula is C14H21BrN2O3. The summed E-state index contributed by atoms with van der Waals surface area (Å²) < 4.78 is 13.9. The first-order chi connectivity index (χ1) is 9.39. The lowest BCUT2D eigenvalue weighted by atomic mass is 10.0. The molecule has 0 unspecified atom stereocenters. The van der Waals surface area contributed by atoms with Crippen molar-refractivity contribution in [3.05, 3.63) is 22.4 Å². The van der Waals surface area contributed by atoms with Crippen LogP contribution in [0.2, 0.25) is 0 Å². The number of amides is 1. The van der Waals surface area contributed by atoms with Crippen LogP contribution in [0, 0.1) is 5.92 Å². The molecule has 1 aromatic heterocycles. The first-order valence-corrected chi connectivity index (χ1v) is 7.57. The van der Waals surface area contributed by atoms with E-state index in [-0.39, 0.29) is 11.8 Å². The second-order valence-electron chi connectivity index (χ2n) is 5.50. The molecule has 0 bridgehead atoms. The Morgan fingerprint density at radius 2 is 2.20 bits per heavy atom. The van der Waals surface area contributed by atoms with Gasteiger partial charge in [-0.05, 0) is 34.8 Å². The molecule has 1 saturated heterocycles. The fourth-order valence-corrected chi connectivity index (χ4v) is 3.01. The lowest BCUT2D eigenvalue weighted by molar-refractivity contribution is -0.153. The molecule has 0 aliphatic carbocycles. The molecule has 1 fully saturated rings. The van der Waals surface area contributed by atoms with Crippen LogP contribution in [0.5, 0.6) is 0 Å². The molecule has 1 N–H and O–H groups in total. The van der Waals surface area contributed by atoms with E-state index < -0.39 is 5.79 Å². The van der Waals surface area contributed by atoms with Crippen LogP contribution in [-0.2, 0) is 16.5 Å². The summed E-state index contributed by atoms with van der Waals surface area (Å²) in [5.74, 6) is -0.285. The van der Waals surface area contributed by atoms with E-state index in [0.717, 1.165) is 10.9 Å². The fourth-order valence-electron chi connectivity index (χ4n) is 2.49. The van der Waals surface area contributed by atoms with E-state index in [1.165, 1.54) is 0 Å². The number of aromatic nitrogens is 1. The molecule has 0 saturated carbocycles. The highest BCUT2D eigenvalue weighted by Gasteiger charge is 2.32. The van der Waals surface area contributed by atoms with Crippen LogP contribution in [-0.4, -0.2) is 36.0 Å². The molecule has 112 valence electrons. The SMILES string of the molecule is C[C@H](CNC(=O)c1cc(Br)cn1C)CC1(C)OCCO1. The Bertz CT molecular complexity index is 481. The topological polar surface area (TPSA) is 52.5 Å². The zero-order valence-corrected chi connectivity index (χ0v) is 13.7. The smallest absolute Gasteiger partial charge is 0.267 e.